The van der Waals surface area contributed by atoms with Crippen LogP contribution in [-0.4, -0.2) is 0 Å². The highest BCUT2D eigenvalue weighted by Crippen LogP contribution is 2.43. The molecule has 2 nitrogen and oxygen atoms in total. The Morgan fingerprint density at radius 3 is 2.75 bits per heavy atom. The third kappa shape index (κ3) is 1.66. The van der Waals surface area contributed by atoms with E-state index in [1.807, 2.05) is 36.4 Å². The van der Waals surface area contributed by atoms with Crippen LogP contribution in [0.2, 0.25) is 5.02 Å². The van der Waals surface area contributed by atoms with E-state index in [0.717, 1.165) is 27.3 Å². The van der Waals surface area contributed by atoms with Crippen LogP contribution in [0, 0.1) is 0 Å². The van der Waals surface area contributed by atoms with Gasteiger partial charge in [-0.3, -0.25) is 0 Å². The number of hydrogen-bond donors (Lipinski definition) is 1. The largest absolute Gasteiger partial charge is 0.453 e. The molecule has 0 unspecified atom stereocenters. The molecule has 2 aromatic carbocycles. The van der Waals surface area contributed by atoms with Gasteiger partial charge in [0, 0.05) is 9.50 Å². The Balaban J connectivity index is 2.09. The number of fused-ring (bicyclic) bond motifs is 2. The summed E-state index contributed by atoms with van der Waals surface area (Å²) in [4.78, 5) is 0. The average molecular weight is 297 g/mol. The second-order valence-electron chi connectivity index (χ2n) is 3.51. The van der Waals surface area contributed by atoms with Crippen molar-refractivity contribution in [1.29, 1.82) is 0 Å². The van der Waals surface area contributed by atoms with E-state index in [-0.39, 0.29) is 0 Å². The number of hydrogen-bond acceptors (Lipinski definition) is 2. The van der Waals surface area contributed by atoms with Crippen molar-refractivity contribution in [2.24, 2.45) is 0 Å². The summed E-state index contributed by atoms with van der Waals surface area (Å²) in [6.07, 6.45) is 0. The molecule has 0 saturated heterocycles. The molecule has 0 aliphatic carbocycles. The zero-order chi connectivity index (χ0) is 11.1. The second kappa shape index (κ2) is 3.68. The minimum absolute atomic E-state index is 0.690. The molecule has 0 amide bonds. The quantitative estimate of drug-likeness (QED) is 0.633. The van der Waals surface area contributed by atoms with Crippen LogP contribution in [-0.2, 0) is 0 Å². The zero-order valence-electron chi connectivity index (χ0n) is 8.13. The van der Waals surface area contributed by atoms with Gasteiger partial charge < -0.3 is 10.1 Å². The fourth-order valence-corrected chi connectivity index (χ4v) is 2.15. The molecule has 4 heteroatoms. The predicted molar refractivity (Wildman–Crippen MR) is 69.0 cm³/mol. The van der Waals surface area contributed by atoms with Crippen molar-refractivity contribution < 1.29 is 4.74 Å². The Morgan fingerprint density at radius 1 is 1.00 bits per heavy atom. The molecule has 1 aliphatic rings. The molecule has 1 heterocycles. The standard InChI is InChI=1S/C12H7BrClNO/c13-7-1-3-9-12(5-7)16-11-4-2-8(14)6-10(11)15-9/h1-6,15H. The van der Waals surface area contributed by atoms with Crippen LogP contribution in [0.15, 0.2) is 40.9 Å². The normalized spacial score (nSPS) is 12.1. The molecule has 0 aromatic heterocycles. The third-order valence-corrected chi connectivity index (χ3v) is 3.10. The van der Waals surface area contributed by atoms with Gasteiger partial charge >= 0.3 is 0 Å². The minimum Gasteiger partial charge on any atom is -0.453 e. The molecule has 0 radical (unpaired) electrons. The third-order valence-electron chi connectivity index (χ3n) is 2.37. The van der Waals surface area contributed by atoms with Crippen molar-refractivity contribution in [3.05, 3.63) is 45.9 Å². The molecule has 0 fully saturated rings. The highest BCUT2D eigenvalue weighted by Gasteiger charge is 2.16. The first-order valence-electron chi connectivity index (χ1n) is 4.76. The highest BCUT2D eigenvalue weighted by atomic mass is 79.9. The van der Waals surface area contributed by atoms with Crippen molar-refractivity contribution in [3.8, 4) is 11.5 Å². The summed E-state index contributed by atoms with van der Waals surface area (Å²) in [7, 11) is 0. The Morgan fingerprint density at radius 2 is 1.88 bits per heavy atom. The summed E-state index contributed by atoms with van der Waals surface area (Å²) in [5.74, 6) is 1.60. The molecule has 16 heavy (non-hydrogen) atoms. The molecule has 0 bridgehead atoms. The van der Waals surface area contributed by atoms with E-state index in [9.17, 15) is 0 Å². The minimum atomic E-state index is 0.690. The molecule has 2 aromatic rings. The van der Waals surface area contributed by atoms with Crippen LogP contribution in [0.4, 0.5) is 11.4 Å². The van der Waals surface area contributed by atoms with Crippen LogP contribution in [0.5, 0.6) is 11.5 Å². The van der Waals surface area contributed by atoms with Gasteiger partial charge in [-0.05, 0) is 36.4 Å². The number of halogens is 2. The number of benzene rings is 2. The maximum Gasteiger partial charge on any atom is 0.152 e. The monoisotopic (exact) mass is 295 g/mol. The Labute approximate surface area is 106 Å². The fourth-order valence-electron chi connectivity index (χ4n) is 1.64. The van der Waals surface area contributed by atoms with Gasteiger partial charge in [0.05, 0.1) is 11.4 Å². The van der Waals surface area contributed by atoms with E-state index < -0.39 is 0 Å². The Hall–Kier alpha value is -1.19. The lowest BCUT2D eigenvalue weighted by atomic mass is 10.2. The number of ether oxygens (including phenoxy) is 1. The average Bonchev–Trinajstić information content (AvgIpc) is 2.26. The smallest absolute Gasteiger partial charge is 0.152 e. The molecule has 0 saturated carbocycles. The first-order valence-corrected chi connectivity index (χ1v) is 5.93. The van der Waals surface area contributed by atoms with Crippen LogP contribution >= 0.6 is 27.5 Å². The lowest BCUT2D eigenvalue weighted by molar-refractivity contribution is 0.481. The van der Waals surface area contributed by atoms with Gasteiger partial charge in [0.1, 0.15) is 0 Å². The summed E-state index contributed by atoms with van der Waals surface area (Å²) in [5.41, 5.74) is 1.83. The second-order valence-corrected chi connectivity index (χ2v) is 4.86. The van der Waals surface area contributed by atoms with Gasteiger partial charge in [0.15, 0.2) is 11.5 Å². The number of nitrogens with one attached hydrogen (secondary N) is 1. The van der Waals surface area contributed by atoms with Crippen LogP contribution in [0.3, 0.4) is 0 Å². The van der Waals surface area contributed by atoms with Gasteiger partial charge in [0.2, 0.25) is 0 Å². The number of anilines is 2. The molecule has 1 N–H and O–H groups in total. The van der Waals surface area contributed by atoms with Gasteiger partial charge in [-0.1, -0.05) is 27.5 Å². The summed E-state index contributed by atoms with van der Waals surface area (Å²) >= 11 is 9.34. The Kier molecular flexibility index (Phi) is 2.30. The van der Waals surface area contributed by atoms with Gasteiger partial charge in [-0.2, -0.15) is 0 Å². The van der Waals surface area contributed by atoms with Crippen LogP contribution < -0.4 is 10.1 Å². The summed E-state index contributed by atoms with van der Waals surface area (Å²) in [5, 5.41) is 3.97. The van der Waals surface area contributed by atoms with E-state index in [1.54, 1.807) is 0 Å². The van der Waals surface area contributed by atoms with Crippen LogP contribution in [0.1, 0.15) is 0 Å². The Bertz CT molecular complexity index is 519. The van der Waals surface area contributed by atoms with Crippen molar-refractivity contribution in [1.82, 2.24) is 0 Å². The molecule has 80 valence electrons. The number of rotatable bonds is 0. The lowest BCUT2D eigenvalue weighted by Crippen LogP contribution is -2.02. The lowest BCUT2D eigenvalue weighted by Gasteiger charge is -2.21. The first-order chi connectivity index (χ1) is 7.72. The maximum atomic E-state index is 5.93. The van der Waals surface area contributed by atoms with E-state index >= 15 is 0 Å². The predicted octanol–water partition coefficient (Wildman–Crippen LogP) is 4.95. The van der Waals surface area contributed by atoms with E-state index in [0.29, 0.717) is 5.02 Å². The summed E-state index contributed by atoms with van der Waals surface area (Å²) in [6.45, 7) is 0. The molecular weight excluding hydrogens is 289 g/mol. The van der Waals surface area contributed by atoms with Crippen molar-refractivity contribution >= 4 is 38.9 Å². The van der Waals surface area contributed by atoms with Gasteiger partial charge in [-0.15, -0.1) is 0 Å². The molecule has 0 spiro atoms. The zero-order valence-corrected chi connectivity index (χ0v) is 10.5. The molecule has 0 atom stereocenters. The van der Waals surface area contributed by atoms with Gasteiger partial charge in [-0.25, -0.2) is 0 Å². The first kappa shape index (κ1) is 10.00. The van der Waals surface area contributed by atoms with Crippen molar-refractivity contribution in [2.45, 2.75) is 0 Å². The van der Waals surface area contributed by atoms with E-state index in [4.69, 9.17) is 16.3 Å². The summed E-state index contributed by atoms with van der Waals surface area (Å²) in [6, 6.07) is 11.4. The summed E-state index contributed by atoms with van der Waals surface area (Å²) < 4.78 is 6.75. The van der Waals surface area contributed by atoms with Crippen molar-refractivity contribution in [3.63, 3.8) is 0 Å². The maximum absolute atomic E-state index is 5.93. The van der Waals surface area contributed by atoms with Gasteiger partial charge in [0.25, 0.3) is 0 Å². The highest BCUT2D eigenvalue weighted by molar-refractivity contribution is 9.10. The van der Waals surface area contributed by atoms with E-state index in [1.165, 1.54) is 0 Å². The fraction of sp³-hybridized carbons (Fsp3) is 0. The molecule has 1 aliphatic heterocycles. The van der Waals surface area contributed by atoms with Crippen LogP contribution in [0.25, 0.3) is 0 Å². The molecule has 3 rings (SSSR count). The topological polar surface area (TPSA) is 21.3 Å². The SMILES string of the molecule is Clc1ccc2c(c1)Nc1ccc(Br)cc1O2. The molecular formula is C12H7BrClNO. The van der Waals surface area contributed by atoms with Crippen molar-refractivity contribution in [2.75, 3.05) is 5.32 Å². The van der Waals surface area contributed by atoms with E-state index in [2.05, 4.69) is 21.2 Å².